The van der Waals surface area contributed by atoms with Gasteiger partial charge in [0.15, 0.2) is 0 Å². The molecule has 9 heteroatoms. The van der Waals surface area contributed by atoms with Crippen LogP contribution in [0.3, 0.4) is 0 Å². The van der Waals surface area contributed by atoms with Gasteiger partial charge in [-0.15, -0.1) is 0 Å². The number of hydrogen-bond acceptors (Lipinski definition) is 7. The van der Waals surface area contributed by atoms with Gasteiger partial charge in [-0.2, -0.15) is 0 Å². The molecule has 1 atom stereocenters. The van der Waals surface area contributed by atoms with E-state index in [-0.39, 0.29) is 23.2 Å². The number of carbonyl (C=O) groups is 1. The van der Waals surface area contributed by atoms with E-state index < -0.39 is 4.92 Å². The normalized spacial score (nSPS) is 19.1. The van der Waals surface area contributed by atoms with Crippen molar-refractivity contribution in [3.63, 3.8) is 0 Å². The highest BCUT2D eigenvalue weighted by Crippen LogP contribution is 2.29. The Kier molecular flexibility index (Phi) is 6.48. The first-order valence-electron chi connectivity index (χ1n) is 10.6. The summed E-state index contributed by atoms with van der Waals surface area (Å²) in [4.78, 5) is 32.5. The number of carbonyl (C=O) groups excluding carboxylic acids is 1. The van der Waals surface area contributed by atoms with E-state index in [0.29, 0.717) is 23.2 Å². The van der Waals surface area contributed by atoms with Gasteiger partial charge in [0.05, 0.1) is 42.5 Å². The fourth-order valence-corrected chi connectivity index (χ4v) is 4.03. The van der Waals surface area contributed by atoms with Crippen LogP contribution in [-0.4, -0.2) is 67.9 Å². The predicted molar refractivity (Wildman–Crippen MR) is 121 cm³/mol. The Morgan fingerprint density at radius 1 is 1.28 bits per heavy atom. The smallest absolute Gasteiger partial charge is 0.270 e. The molecule has 0 radical (unpaired) electrons. The van der Waals surface area contributed by atoms with Crippen LogP contribution >= 0.6 is 0 Å². The molecule has 2 fully saturated rings. The first kappa shape index (κ1) is 21.9. The molecule has 0 bridgehead atoms. The Morgan fingerprint density at radius 3 is 2.66 bits per heavy atom. The quantitative estimate of drug-likeness (QED) is 0.373. The van der Waals surface area contributed by atoms with E-state index in [2.05, 4.69) is 9.89 Å². The fraction of sp³-hybridized carbons (Fsp3) is 0.391. The van der Waals surface area contributed by atoms with Gasteiger partial charge in [-0.05, 0) is 49.7 Å². The van der Waals surface area contributed by atoms with Crippen molar-refractivity contribution in [1.82, 2.24) is 4.90 Å². The van der Waals surface area contributed by atoms with Crippen LogP contribution in [0.5, 0.6) is 5.75 Å². The summed E-state index contributed by atoms with van der Waals surface area (Å²) in [6.45, 7) is 2.47. The highest BCUT2D eigenvalue weighted by molar-refractivity contribution is 6.09. The highest BCUT2D eigenvalue weighted by Gasteiger charge is 2.34. The molecule has 2 heterocycles. The fourth-order valence-electron chi connectivity index (χ4n) is 4.03. The molecule has 0 aliphatic carbocycles. The molecule has 0 N–H and O–H groups in total. The van der Waals surface area contributed by atoms with Crippen molar-refractivity contribution >= 4 is 29.2 Å². The minimum Gasteiger partial charge on any atom is -0.497 e. The second kappa shape index (κ2) is 9.46. The van der Waals surface area contributed by atoms with Crippen molar-refractivity contribution in [3.8, 4) is 5.75 Å². The topological polar surface area (TPSA) is 97.5 Å². The minimum atomic E-state index is -0.507. The number of ether oxygens (including phenoxy) is 2. The highest BCUT2D eigenvalue weighted by atomic mass is 16.6. The molecule has 1 amide bonds. The van der Waals surface area contributed by atoms with Gasteiger partial charge >= 0.3 is 0 Å². The number of nitro groups is 1. The Morgan fingerprint density at radius 2 is 2.03 bits per heavy atom. The zero-order chi connectivity index (χ0) is 22.7. The van der Waals surface area contributed by atoms with Crippen LogP contribution in [0.15, 0.2) is 47.5 Å². The summed E-state index contributed by atoms with van der Waals surface area (Å²) in [7, 11) is 3.20. The zero-order valence-electron chi connectivity index (χ0n) is 18.1. The molecular formula is C23H26N4O5. The van der Waals surface area contributed by atoms with Gasteiger partial charge in [0.25, 0.3) is 11.6 Å². The largest absolute Gasteiger partial charge is 0.497 e. The van der Waals surface area contributed by atoms with Crippen molar-refractivity contribution in [2.75, 3.05) is 38.8 Å². The summed E-state index contributed by atoms with van der Waals surface area (Å²) in [5.74, 6) is 0.301. The van der Waals surface area contributed by atoms with Crippen LogP contribution in [0.25, 0.3) is 0 Å². The predicted octanol–water partition coefficient (Wildman–Crippen LogP) is 3.45. The van der Waals surface area contributed by atoms with Gasteiger partial charge in [0.1, 0.15) is 5.75 Å². The first-order valence-corrected chi connectivity index (χ1v) is 10.6. The molecule has 4 rings (SSSR count). The summed E-state index contributed by atoms with van der Waals surface area (Å²) in [5.41, 5.74) is 1.09. The van der Waals surface area contributed by atoms with E-state index in [4.69, 9.17) is 9.47 Å². The monoisotopic (exact) mass is 438 g/mol. The van der Waals surface area contributed by atoms with E-state index in [1.165, 1.54) is 23.1 Å². The zero-order valence-corrected chi connectivity index (χ0v) is 18.1. The molecule has 0 aromatic heterocycles. The molecule has 2 aromatic rings. The first-order chi connectivity index (χ1) is 15.5. The molecule has 1 unspecified atom stereocenters. The van der Waals surface area contributed by atoms with Crippen molar-refractivity contribution < 1.29 is 19.2 Å². The SMILES string of the molecule is COc1ccc(N(C)C(=O)c2cc([N+](=O)[O-])ccc2/N=C/C2CCCN2C2COC2)cc1. The number of likely N-dealkylation sites (tertiary alicyclic amines) is 1. The molecule has 2 aromatic carbocycles. The number of methoxy groups -OCH3 is 1. The van der Waals surface area contributed by atoms with Crippen molar-refractivity contribution in [1.29, 1.82) is 0 Å². The summed E-state index contributed by atoms with van der Waals surface area (Å²) < 4.78 is 10.5. The van der Waals surface area contributed by atoms with Crippen molar-refractivity contribution in [2.24, 2.45) is 4.99 Å². The van der Waals surface area contributed by atoms with Gasteiger partial charge < -0.3 is 14.4 Å². The molecule has 32 heavy (non-hydrogen) atoms. The summed E-state index contributed by atoms with van der Waals surface area (Å²) in [6.07, 6.45) is 3.93. The molecular weight excluding hydrogens is 412 g/mol. The number of benzene rings is 2. The molecule has 2 aliphatic rings. The molecule has 2 saturated heterocycles. The lowest BCUT2D eigenvalue weighted by atomic mass is 10.1. The van der Waals surface area contributed by atoms with Gasteiger partial charge in [0.2, 0.25) is 0 Å². The van der Waals surface area contributed by atoms with Crippen LogP contribution in [0, 0.1) is 10.1 Å². The van der Waals surface area contributed by atoms with E-state index in [9.17, 15) is 14.9 Å². The van der Waals surface area contributed by atoms with E-state index in [1.54, 1.807) is 38.4 Å². The minimum absolute atomic E-state index is 0.149. The summed E-state index contributed by atoms with van der Waals surface area (Å²) >= 11 is 0. The Labute approximate surface area is 186 Å². The molecule has 0 spiro atoms. The number of nitro benzene ring substituents is 1. The number of non-ortho nitro benzene ring substituents is 1. The van der Waals surface area contributed by atoms with E-state index in [1.807, 2.05) is 6.21 Å². The summed E-state index contributed by atoms with van der Waals surface area (Å²) in [5, 5.41) is 11.3. The second-order valence-electron chi connectivity index (χ2n) is 7.94. The number of nitrogens with zero attached hydrogens (tertiary/aromatic N) is 4. The number of aliphatic imine (C=N–C) groups is 1. The van der Waals surface area contributed by atoms with Crippen LogP contribution in [0.1, 0.15) is 23.2 Å². The molecule has 0 saturated carbocycles. The maximum absolute atomic E-state index is 13.3. The molecule has 2 aliphatic heterocycles. The number of anilines is 1. The van der Waals surface area contributed by atoms with Crippen LogP contribution in [-0.2, 0) is 4.74 Å². The van der Waals surface area contributed by atoms with Gasteiger partial charge in [0, 0.05) is 37.1 Å². The number of amides is 1. The third kappa shape index (κ3) is 4.49. The summed E-state index contributed by atoms with van der Waals surface area (Å²) in [6, 6.07) is 11.8. The van der Waals surface area contributed by atoms with Crippen LogP contribution in [0.4, 0.5) is 17.1 Å². The Hall–Kier alpha value is -3.30. The standard InChI is InChI=1S/C23H26N4O5/c1-25(16-5-8-20(31-2)9-6-16)23(28)21-12-17(27(29)30)7-10-22(21)24-13-18-4-3-11-26(18)19-14-32-15-19/h5-10,12-13,18-19H,3-4,11,14-15H2,1-2H3/b24-13+. The van der Waals surface area contributed by atoms with Crippen LogP contribution in [0.2, 0.25) is 0 Å². The average Bonchev–Trinajstić information content (AvgIpc) is 3.23. The lowest BCUT2D eigenvalue weighted by molar-refractivity contribution is -0.384. The third-order valence-corrected chi connectivity index (χ3v) is 6.00. The number of rotatable bonds is 7. The Balaban J connectivity index is 1.61. The second-order valence-corrected chi connectivity index (χ2v) is 7.94. The Bertz CT molecular complexity index is 1020. The molecule has 168 valence electrons. The third-order valence-electron chi connectivity index (χ3n) is 6.00. The van der Waals surface area contributed by atoms with Crippen molar-refractivity contribution in [3.05, 3.63) is 58.1 Å². The maximum atomic E-state index is 13.3. The lowest BCUT2D eigenvalue weighted by Crippen LogP contribution is -2.51. The maximum Gasteiger partial charge on any atom is 0.270 e. The van der Waals surface area contributed by atoms with E-state index in [0.717, 1.165) is 32.6 Å². The average molecular weight is 438 g/mol. The van der Waals surface area contributed by atoms with Crippen LogP contribution < -0.4 is 9.64 Å². The van der Waals surface area contributed by atoms with E-state index >= 15 is 0 Å². The number of hydrogen-bond donors (Lipinski definition) is 0. The van der Waals surface area contributed by atoms with Crippen molar-refractivity contribution in [2.45, 2.75) is 24.9 Å². The van der Waals surface area contributed by atoms with Gasteiger partial charge in [-0.3, -0.25) is 24.8 Å². The van der Waals surface area contributed by atoms with Gasteiger partial charge in [-0.25, -0.2) is 0 Å². The van der Waals surface area contributed by atoms with Gasteiger partial charge in [-0.1, -0.05) is 0 Å². The molecule has 9 nitrogen and oxygen atoms in total. The lowest BCUT2D eigenvalue weighted by Gasteiger charge is -2.37.